The van der Waals surface area contributed by atoms with Crippen LogP contribution in [0.15, 0.2) is 30.6 Å². The Morgan fingerprint density at radius 3 is 2.71 bits per heavy atom. The van der Waals surface area contributed by atoms with Gasteiger partial charge in [-0.1, -0.05) is 6.07 Å². The molecule has 0 bridgehead atoms. The molecule has 1 atom stereocenters. The summed E-state index contributed by atoms with van der Waals surface area (Å²) < 4.78 is 7.74. The Hall–Kier alpha value is -2.54. The second-order valence-corrected chi connectivity index (χ2v) is 8.23. The number of aromatic nitrogens is 2. The first-order chi connectivity index (χ1) is 13.6. The summed E-state index contributed by atoms with van der Waals surface area (Å²) in [4.78, 5) is 16.9. The van der Waals surface area contributed by atoms with Crippen molar-refractivity contribution < 1.29 is 9.53 Å². The molecule has 148 valence electrons. The van der Waals surface area contributed by atoms with Gasteiger partial charge in [-0.25, -0.2) is 4.79 Å². The topological polar surface area (TPSA) is 62.6 Å². The monoisotopic (exact) mass is 381 g/mol. The van der Waals surface area contributed by atoms with E-state index in [-0.39, 0.29) is 18.2 Å². The van der Waals surface area contributed by atoms with E-state index in [1.807, 2.05) is 15.8 Å². The average Bonchev–Trinajstić information content (AvgIpc) is 3.08. The van der Waals surface area contributed by atoms with Crippen LogP contribution in [-0.2, 0) is 4.74 Å². The van der Waals surface area contributed by atoms with Gasteiger partial charge < -0.3 is 15.0 Å². The highest BCUT2D eigenvalue weighted by molar-refractivity contribution is 5.95. The molecule has 1 aromatic heterocycles. The van der Waals surface area contributed by atoms with Crippen molar-refractivity contribution in [2.24, 2.45) is 0 Å². The number of benzene rings is 1. The molecule has 3 aliphatic rings. The largest absolute Gasteiger partial charge is 0.446 e. The molecule has 3 heterocycles. The quantitative estimate of drug-likeness (QED) is 0.886. The number of likely N-dealkylation sites (N-methyl/N-ethyl adjacent to an activating group) is 1. The summed E-state index contributed by atoms with van der Waals surface area (Å²) >= 11 is 0. The number of nitrogens with one attached hydrogen (secondary N) is 1. The predicted octanol–water partition coefficient (Wildman–Crippen LogP) is 3.03. The maximum Gasteiger partial charge on any atom is 0.414 e. The summed E-state index contributed by atoms with van der Waals surface area (Å²) in [5.41, 5.74) is 4.12. The fourth-order valence-electron chi connectivity index (χ4n) is 3.95. The van der Waals surface area contributed by atoms with Crippen LogP contribution in [-0.4, -0.2) is 54.7 Å². The molecule has 7 heteroatoms. The number of carbonyl (C=O) groups is 1. The molecule has 2 aromatic rings. The first-order valence-corrected chi connectivity index (χ1v) is 10.2. The molecule has 0 spiro atoms. The van der Waals surface area contributed by atoms with Crippen molar-refractivity contribution in [1.29, 1.82) is 0 Å². The molecular formula is C21H27N5O2. The number of hydrogen-bond acceptors (Lipinski definition) is 5. The van der Waals surface area contributed by atoms with Crippen molar-refractivity contribution in [3.05, 3.63) is 30.6 Å². The maximum absolute atomic E-state index is 12.9. The number of amides is 1. The molecule has 1 saturated carbocycles. The van der Waals surface area contributed by atoms with Crippen LogP contribution in [0.25, 0.3) is 11.1 Å². The fraction of sp³-hybridized carbons (Fsp3) is 0.524. The van der Waals surface area contributed by atoms with Crippen LogP contribution in [0.1, 0.15) is 32.2 Å². The molecule has 1 saturated heterocycles. The number of rotatable bonds is 3. The minimum atomic E-state index is -0.223. The van der Waals surface area contributed by atoms with Gasteiger partial charge in [0, 0.05) is 44.5 Å². The van der Waals surface area contributed by atoms with E-state index in [1.54, 1.807) is 0 Å². The number of anilines is 2. The van der Waals surface area contributed by atoms with Gasteiger partial charge in [0.25, 0.3) is 0 Å². The second-order valence-electron chi connectivity index (χ2n) is 8.23. The zero-order valence-corrected chi connectivity index (χ0v) is 16.5. The zero-order valence-electron chi connectivity index (χ0n) is 16.5. The lowest BCUT2D eigenvalue weighted by atomic mass is 9.96. The summed E-state index contributed by atoms with van der Waals surface area (Å²) in [6.07, 6.45) is 6.99. The van der Waals surface area contributed by atoms with E-state index in [9.17, 15) is 4.79 Å². The lowest BCUT2D eigenvalue weighted by Gasteiger charge is -2.41. The van der Waals surface area contributed by atoms with E-state index in [2.05, 4.69) is 53.7 Å². The Kier molecular flexibility index (Phi) is 4.27. The Morgan fingerprint density at radius 1 is 1.21 bits per heavy atom. The van der Waals surface area contributed by atoms with Crippen LogP contribution in [0, 0.1) is 0 Å². The Balaban J connectivity index is 1.46. The van der Waals surface area contributed by atoms with Gasteiger partial charge in [0.1, 0.15) is 6.10 Å². The molecule has 2 aliphatic heterocycles. The average molecular weight is 381 g/mol. The Bertz CT molecular complexity index is 887. The molecule has 1 aliphatic carbocycles. The van der Waals surface area contributed by atoms with Gasteiger partial charge in [0.15, 0.2) is 0 Å². The number of hydrogen-bond donors (Lipinski definition) is 1. The van der Waals surface area contributed by atoms with Crippen molar-refractivity contribution in [2.75, 3.05) is 36.5 Å². The number of ether oxygens (including phenoxy) is 1. The molecule has 28 heavy (non-hydrogen) atoms. The van der Waals surface area contributed by atoms with E-state index in [0.717, 1.165) is 54.9 Å². The summed E-state index contributed by atoms with van der Waals surface area (Å²) in [6.45, 7) is 4.70. The lowest BCUT2D eigenvalue weighted by Crippen LogP contribution is -2.49. The standard InChI is InChI=1S/C21H27N5O2/c1-14-12-25(21(27)28-18-4-3-5-18)20-8-15(6-7-19(20)24(14)2)16-9-23-26(13-16)17-10-22-11-17/h6-9,13-14,17-18,22H,3-5,10-12H2,1-2H3. The first kappa shape index (κ1) is 17.6. The summed E-state index contributed by atoms with van der Waals surface area (Å²) in [7, 11) is 2.08. The number of nitrogens with zero attached hydrogens (tertiary/aromatic N) is 4. The van der Waals surface area contributed by atoms with E-state index >= 15 is 0 Å². The third-order valence-electron chi connectivity index (χ3n) is 6.36. The van der Waals surface area contributed by atoms with Crippen molar-refractivity contribution in [2.45, 2.75) is 44.4 Å². The second kappa shape index (κ2) is 6.81. The molecule has 5 rings (SSSR count). The van der Waals surface area contributed by atoms with Crippen molar-refractivity contribution in [1.82, 2.24) is 15.1 Å². The molecule has 1 aromatic carbocycles. The van der Waals surface area contributed by atoms with Crippen molar-refractivity contribution in [3.63, 3.8) is 0 Å². The van der Waals surface area contributed by atoms with Crippen LogP contribution in [0.5, 0.6) is 0 Å². The van der Waals surface area contributed by atoms with E-state index < -0.39 is 0 Å². The minimum Gasteiger partial charge on any atom is -0.446 e. The van der Waals surface area contributed by atoms with Gasteiger partial charge >= 0.3 is 6.09 Å². The molecule has 1 amide bonds. The molecule has 2 fully saturated rings. The molecular weight excluding hydrogens is 354 g/mol. The minimum absolute atomic E-state index is 0.0865. The van der Waals surface area contributed by atoms with Gasteiger partial charge in [-0.2, -0.15) is 5.10 Å². The zero-order chi connectivity index (χ0) is 19.3. The van der Waals surface area contributed by atoms with Crippen LogP contribution < -0.4 is 15.1 Å². The van der Waals surface area contributed by atoms with Crippen LogP contribution in [0.4, 0.5) is 16.2 Å². The molecule has 7 nitrogen and oxygen atoms in total. The Labute approximate surface area is 165 Å². The summed E-state index contributed by atoms with van der Waals surface area (Å²) in [5.74, 6) is 0. The van der Waals surface area contributed by atoms with Gasteiger partial charge in [-0.15, -0.1) is 0 Å². The van der Waals surface area contributed by atoms with Gasteiger partial charge in [0.05, 0.1) is 23.6 Å². The van der Waals surface area contributed by atoms with Crippen molar-refractivity contribution in [3.8, 4) is 11.1 Å². The van der Waals surface area contributed by atoms with Gasteiger partial charge in [-0.3, -0.25) is 9.58 Å². The Morgan fingerprint density at radius 2 is 2.04 bits per heavy atom. The van der Waals surface area contributed by atoms with E-state index in [0.29, 0.717) is 12.6 Å². The maximum atomic E-state index is 12.9. The molecule has 1 N–H and O–H groups in total. The smallest absolute Gasteiger partial charge is 0.414 e. The number of fused-ring (bicyclic) bond motifs is 1. The highest BCUT2D eigenvalue weighted by atomic mass is 16.6. The first-order valence-electron chi connectivity index (χ1n) is 10.2. The highest BCUT2D eigenvalue weighted by Crippen LogP contribution is 2.39. The van der Waals surface area contributed by atoms with Crippen LogP contribution >= 0.6 is 0 Å². The van der Waals surface area contributed by atoms with E-state index in [4.69, 9.17) is 4.74 Å². The fourth-order valence-corrected chi connectivity index (χ4v) is 3.95. The van der Waals surface area contributed by atoms with Gasteiger partial charge in [-0.05, 0) is 43.9 Å². The normalized spacial score (nSPS) is 22.4. The molecule has 0 radical (unpaired) electrons. The molecule has 1 unspecified atom stereocenters. The van der Waals surface area contributed by atoms with Crippen LogP contribution in [0.2, 0.25) is 0 Å². The van der Waals surface area contributed by atoms with Crippen molar-refractivity contribution >= 4 is 17.5 Å². The van der Waals surface area contributed by atoms with Gasteiger partial charge in [0.2, 0.25) is 0 Å². The SMILES string of the molecule is CC1CN(C(=O)OC2CCC2)c2cc(-c3cnn(C4CNC4)c3)ccc2N1C. The van der Waals surface area contributed by atoms with E-state index in [1.165, 1.54) is 0 Å². The third-order valence-corrected chi connectivity index (χ3v) is 6.36. The third kappa shape index (κ3) is 2.94. The lowest BCUT2D eigenvalue weighted by molar-refractivity contribution is 0.0570. The predicted molar refractivity (Wildman–Crippen MR) is 109 cm³/mol. The van der Waals surface area contributed by atoms with Crippen LogP contribution in [0.3, 0.4) is 0 Å². The summed E-state index contributed by atoms with van der Waals surface area (Å²) in [6, 6.07) is 6.99. The highest BCUT2D eigenvalue weighted by Gasteiger charge is 2.33. The summed E-state index contributed by atoms with van der Waals surface area (Å²) in [5, 5.41) is 7.80. The number of carbonyl (C=O) groups excluding carboxylic acids is 1.